The van der Waals surface area contributed by atoms with Crippen LogP contribution in [-0.4, -0.2) is 35.7 Å². The fraction of sp³-hybridized carbons (Fsp3) is 0.429. The molecule has 2 unspecified atom stereocenters. The van der Waals surface area contributed by atoms with Gasteiger partial charge in [-0.15, -0.1) is 0 Å². The minimum absolute atomic E-state index is 0.0544. The first kappa shape index (κ1) is 14.5. The van der Waals surface area contributed by atoms with Crippen molar-refractivity contribution in [2.45, 2.75) is 32.0 Å². The van der Waals surface area contributed by atoms with Crippen LogP contribution in [0.15, 0.2) is 18.2 Å². The Labute approximate surface area is 116 Å². The molecule has 2 atom stereocenters. The summed E-state index contributed by atoms with van der Waals surface area (Å²) in [4.78, 5) is 22.9. The summed E-state index contributed by atoms with van der Waals surface area (Å²) in [5.74, 6) is -1.21. The zero-order valence-electron chi connectivity index (χ0n) is 11.3. The number of ether oxygens (including phenoxy) is 1. The lowest BCUT2D eigenvalue weighted by Gasteiger charge is -2.14. The summed E-state index contributed by atoms with van der Waals surface area (Å²) in [6, 6.07) is 4.57. The predicted octanol–water partition coefficient (Wildman–Crippen LogP) is 1.14. The lowest BCUT2D eigenvalue weighted by Crippen LogP contribution is -2.30. The minimum atomic E-state index is -0.990. The SMILES string of the molecule is Cc1cc(C(=O)O)ccc1NC(=O)C1CCC(CN)O1. The first-order chi connectivity index (χ1) is 9.51. The van der Waals surface area contributed by atoms with Crippen molar-refractivity contribution < 1.29 is 19.4 Å². The number of aromatic carboxylic acids is 1. The lowest BCUT2D eigenvalue weighted by molar-refractivity contribution is -0.126. The van der Waals surface area contributed by atoms with E-state index in [0.717, 1.165) is 6.42 Å². The van der Waals surface area contributed by atoms with Gasteiger partial charge in [0.2, 0.25) is 0 Å². The number of carboxylic acid groups (broad SMARTS) is 1. The first-order valence-corrected chi connectivity index (χ1v) is 6.51. The van der Waals surface area contributed by atoms with Gasteiger partial charge >= 0.3 is 5.97 Å². The number of carbonyl (C=O) groups is 2. The highest BCUT2D eigenvalue weighted by atomic mass is 16.5. The highest BCUT2D eigenvalue weighted by Crippen LogP contribution is 2.22. The molecule has 1 amide bonds. The number of hydrogen-bond acceptors (Lipinski definition) is 4. The van der Waals surface area contributed by atoms with Crippen LogP contribution in [0.25, 0.3) is 0 Å². The Hall–Kier alpha value is -1.92. The molecule has 0 spiro atoms. The van der Waals surface area contributed by atoms with Crippen molar-refractivity contribution in [3.63, 3.8) is 0 Å². The third-order valence-electron chi connectivity index (χ3n) is 3.39. The second-order valence-corrected chi connectivity index (χ2v) is 4.88. The molecule has 0 aromatic heterocycles. The molecule has 4 N–H and O–H groups in total. The Morgan fingerprint density at radius 1 is 1.45 bits per heavy atom. The Bertz CT molecular complexity index is 530. The first-order valence-electron chi connectivity index (χ1n) is 6.51. The second-order valence-electron chi connectivity index (χ2n) is 4.88. The molecule has 0 saturated carbocycles. The number of nitrogens with two attached hydrogens (primary N) is 1. The number of rotatable bonds is 4. The van der Waals surface area contributed by atoms with Gasteiger partial charge in [0.25, 0.3) is 5.91 Å². The fourth-order valence-corrected chi connectivity index (χ4v) is 2.22. The molecule has 6 nitrogen and oxygen atoms in total. The molecule has 1 aromatic rings. The van der Waals surface area contributed by atoms with Crippen LogP contribution in [0.4, 0.5) is 5.69 Å². The summed E-state index contributed by atoms with van der Waals surface area (Å²) in [6.45, 7) is 2.16. The molecular weight excluding hydrogens is 260 g/mol. The normalized spacial score (nSPS) is 21.7. The molecule has 2 rings (SSSR count). The second kappa shape index (κ2) is 6.02. The van der Waals surface area contributed by atoms with Crippen molar-refractivity contribution >= 4 is 17.6 Å². The van der Waals surface area contributed by atoms with Gasteiger partial charge in [-0.1, -0.05) is 0 Å². The largest absolute Gasteiger partial charge is 0.478 e. The van der Waals surface area contributed by atoms with E-state index >= 15 is 0 Å². The van der Waals surface area contributed by atoms with Crippen LogP contribution in [0.2, 0.25) is 0 Å². The number of carbonyl (C=O) groups excluding carboxylic acids is 1. The molecule has 1 saturated heterocycles. The monoisotopic (exact) mass is 278 g/mol. The van der Waals surface area contributed by atoms with Crippen LogP contribution < -0.4 is 11.1 Å². The van der Waals surface area contributed by atoms with Crippen molar-refractivity contribution in [3.05, 3.63) is 29.3 Å². The molecule has 0 radical (unpaired) electrons. The van der Waals surface area contributed by atoms with Gasteiger partial charge < -0.3 is 20.9 Å². The fourth-order valence-electron chi connectivity index (χ4n) is 2.22. The maximum absolute atomic E-state index is 12.1. The minimum Gasteiger partial charge on any atom is -0.478 e. The summed E-state index contributed by atoms with van der Waals surface area (Å²) in [5.41, 5.74) is 7.00. The molecule has 0 bridgehead atoms. The Morgan fingerprint density at radius 2 is 2.20 bits per heavy atom. The van der Waals surface area contributed by atoms with E-state index in [4.69, 9.17) is 15.6 Å². The van der Waals surface area contributed by atoms with Crippen molar-refractivity contribution in [1.82, 2.24) is 0 Å². The van der Waals surface area contributed by atoms with E-state index in [1.807, 2.05) is 0 Å². The lowest BCUT2D eigenvalue weighted by atomic mass is 10.1. The van der Waals surface area contributed by atoms with E-state index in [9.17, 15) is 9.59 Å². The Kier molecular flexibility index (Phi) is 4.36. The molecule has 20 heavy (non-hydrogen) atoms. The molecule has 1 aliphatic rings. The number of nitrogens with one attached hydrogen (secondary N) is 1. The van der Waals surface area contributed by atoms with Gasteiger partial charge in [0, 0.05) is 12.2 Å². The zero-order chi connectivity index (χ0) is 14.7. The summed E-state index contributed by atoms with van der Waals surface area (Å²) < 4.78 is 5.52. The third kappa shape index (κ3) is 3.15. The van der Waals surface area contributed by atoms with Gasteiger partial charge in [-0.2, -0.15) is 0 Å². The summed E-state index contributed by atoms with van der Waals surface area (Å²) >= 11 is 0. The number of anilines is 1. The summed E-state index contributed by atoms with van der Waals surface area (Å²) in [5, 5.41) is 11.7. The highest BCUT2D eigenvalue weighted by molar-refractivity contribution is 5.96. The topological polar surface area (TPSA) is 102 Å². The zero-order valence-corrected chi connectivity index (χ0v) is 11.3. The molecule has 1 aromatic carbocycles. The van der Waals surface area contributed by atoms with E-state index in [1.165, 1.54) is 12.1 Å². The molecule has 108 valence electrons. The van der Waals surface area contributed by atoms with Crippen LogP contribution >= 0.6 is 0 Å². The molecule has 1 aliphatic heterocycles. The number of carboxylic acids is 1. The summed E-state index contributed by atoms with van der Waals surface area (Å²) in [6.07, 6.45) is 0.897. The Balaban J connectivity index is 2.03. The number of hydrogen-bond donors (Lipinski definition) is 3. The van der Waals surface area contributed by atoms with E-state index in [0.29, 0.717) is 24.2 Å². The van der Waals surface area contributed by atoms with Crippen LogP contribution in [0, 0.1) is 6.92 Å². The number of amides is 1. The van der Waals surface area contributed by atoms with Gasteiger partial charge in [-0.3, -0.25) is 4.79 Å². The molecule has 0 aliphatic carbocycles. The summed E-state index contributed by atoms with van der Waals surface area (Å²) in [7, 11) is 0. The average Bonchev–Trinajstić information content (AvgIpc) is 2.89. The smallest absolute Gasteiger partial charge is 0.335 e. The van der Waals surface area contributed by atoms with Crippen LogP contribution in [0.3, 0.4) is 0 Å². The van der Waals surface area contributed by atoms with Crippen molar-refractivity contribution in [2.24, 2.45) is 5.73 Å². The van der Waals surface area contributed by atoms with E-state index in [-0.39, 0.29) is 17.6 Å². The van der Waals surface area contributed by atoms with E-state index in [2.05, 4.69) is 5.32 Å². The standard InChI is InChI=1S/C14H18N2O4/c1-8-6-9(14(18)19)2-4-11(8)16-13(17)12-5-3-10(7-15)20-12/h2,4,6,10,12H,3,5,7,15H2,1H3,(H,16,17)(H,18,19). The number of benzene rings is 1. The van der Waals surface area contributed by atoms with Gasteiger partial charge in [0.15, 0.2) is 0 Å². The van der Waals surface area contributed by atoms with Gasteiger partial charge in [0.05, 0.1) is 11.7 Å². The van der Waals surface area contributed by atoms with Crippen molar-refractivity contribution in [2.75, 3.05) is 11.9 Å². The third-order valence-corrected chi connectivity index (χ3v) is 3.39. The quantitative estimate of drug-likeness (QED) is 0.766. The van der Waals surface area contributed by atoms with Crippen molar-refractivity contribution in [3.8, 4) is 0 Å². The van der Waals surface area contributed by atoms with E-state index in [1.54, 1.807) is 13.0 Å². The average molecular weight is 278 g/mol. The Morgan fingerprint density at radius 3 is 2.75 bits per heavy atom. The predicted molar refractivity (Wildman–Crippen MR) is 73.7 cm³/mol. The maximum Gasteiger partial charge on any atom is 0.335 e. The molecule has 6 heteroatoms. The van der Waals surface area contributed by atoms with Gasteiger partial charge in [-0.25, -0.2) is 4.79 Å². The van der Waals surface area contributed by atoms with Crippen LogP contribution in [0.1, 0.15) is 28.8 Å². The van der Waals surface area contributed by atoms with Gasteiger partial charge in [0.1, 0.15) is 6.10 Å². The van der Waals surface area contributed by atoms with Gasteiger partial charge in [-0.05, 0) is 43.5 Å². The molecule has 1 heterocycles. The highest BCUT2D eigenvalue weighted by Gasteiger charge is 2.30. The molecule has 1 fully saturated rings. The van der Waals surface area contributed by atoms with Crippen LogP contribution in [-0.2, 0) is 9.53 Å². The van der Waals surface area contributed by atoms with Crippen LogP contribution in [0.5, 0.6) is 0 Å². The van der Waals surface area contributed by atoms with Crippen molar-refractivity contribution in [1.29, 1.82) is 0 Å². The number of aryl methyl sites for hydroxylation is 1. The maximum atomic E-state index is 12.1. The van der Waals surface area contributed by atoms with E-state index < -0.39 is 12.1 Å². The molecular formula is C14H18N2O4.